The molecule has 0 aromatic carbocycles. The van der Waals surface area contributed by atoms with E-state index in [9.17, 15) is 0 Å². The van der Waals surface area contributed by atoms with Crippen LogP contribution in [0, 0.1) is 0 Å². The van der Waals surface area contributed by atoms with Gasteiger partial charge in [-0.05, 0) is 40.0 Å². The van der Waals surface area contributed by atoms with Crippen molar-refractivity contribution in [1.29, 1.82) is 0 Å². The van der Waals surface area contributed by atoms with Crippen molar-refractivity contribution in [3.63, 3.8) is 0 Å². The lowest BCUT2D eigenvalue weighted by molar-refractivity contribution is -0.319. The van der Waals surface area contributed by atoms with Crippen molar-refractivity contribution in [2.45, 2.75) is 117 Å². The Hall–Kier alpha value is -0.380. The van der Waals surface area contributed by atoms with Gasteiger partial charge in [0.05, 0.1) is 0 Å². The van der Waals surface area contributed by atoms with E-state index in [1.54, 1.807) is 0 Å². The SMILES string of the molecule is C=CCC.CCCCCCCCC(CCC)(OC)C(C)(OCC)OCC. The molecule has 0 radical (unpaired) electrons. The molecule has 0 aliphatic rings. The van der Waals surface area contributed by atoms with Crippen molar-refractivity contribution in [1.82, 2.24) is 0 Å². The third-order valence-electron chi connectivity index (χ3n) is 4.93. The second kappa shape index (κ2) is 18.0. The number of hydrogen-bond donors (Lipinski definition) is 0. The first kappa shape index (κ1) is 27.8. The number of rotatable bonds is 16. The zero-order chi connectivity index (χ0) is 20.3. The maximum absolute atomic E-state index is 6.03. The van der Waals surface area contributed by atoms with E-state index < -0.39 is 5.79 Å². The van der Waals surface area contributed by atoms with Gasteiger partial charge in [0.15, 0.2) is 5.79 Å². The molecule has 3 heteroatoms. The standard InChI is InChI=1S/C19H40O3.C4H8/c1-7-11-12-13-14-15-17-19(20-6,16-8-2)18(5,21-9-3)22-10-4;1-3-4-2/h7-17H2,1-6H3;3H,1,4H2,2H3. The van der Waals surface area contributed by atoms with Gasteiger partial charge in [0, 0.05) is 20.3 Å². The Morgan fingerprint density at radius 1 is 0.769 bits per heavy atom. The highest BCUT2D eigenvalue weighted by Crippen LogP contribution is 2.39. The number of methoxy groups -OCH3 is 1. The first-order valence-electron chi connectivity index (χ1n) is 10.9. The van der Waals surface area contributed by atoms with Crippen LogP contribution in [0.3, 0.4) is 0 Å². The lowest BCUT2D eigenvalue weighted by Gasteiger charge is -2.47. The highest BCUT2D eigenvalue weighted by atomic mass is 16.7. The van der Waals surface area contributed by atoms with Crippen molar-refractivity contribution in [2.75, 3.05) is 20.3 Å². The molecule has 0 saturated heterocycles. The molecule has 3 nitrogen and oxygen atoms in total. The molecular formula is C23H48O3. The van der Waals surface area contributed by atoms with E-state index in [4.69, 9.17) is 14.2 Å². The van der Waals surface area contributed by atoms with Crippen LogP contribution in [0.25, 0.3) is 0 Å². The van der Waals surface area contributed by atoms with Crippen LogP contribution < -0.4 is 0 Å². The van der Waals surface area contributed by atoms with Crippen molar-refractivity contribution in [3.05, 3.63) is 12.7 Å². The summed E-state index contributed by atoms with van der Waals surface area (Å²) in [6.45, 7) is 17.4. The normalized spacial score (nSPS) is 13.7. The van der Waals surface area contributed by atoms with Gasteiger partial charge in [-0.25, -0.2) is 0 Å². The van der Waals surface area contributed by atoms with E-state index in [1.165, 1.54) is 38.5 Å². The number of allylic oxidation sites excluding steroid dienone is 1. The first-order chi connectivity index (χ1) is 12.5. The van der Waals surface area contributed by atoms with E-state index in [2.05, 4.69) is 34.3 Å². The lowest BCUT2D eigenvalue weighted by Crippen LogP contribution is -2.57. The van der Waals surface area contributed by atoms with E-state index in [0.29, 0.717) is 13.2 Å². The highest BCUT2D eigenvalue weighted by molar-refractivity contribution is 4.93. The third kappa shape index (κ3) is 10.7. The van der Waals surface area contributed by atoms with E-state index in [-0.39, 0.29) is 5.60 Å². The molecule has 0 rings (SSSR count). The van der Waals surface area contributed by atoms with E-state index >= 15 is 0 Å². The maximum Gasteiger partial charge on any atom is 0.194 e. The van der Waals surface area contributed by atoms with Gasteiger partial charge in [0.1, 0.15) is 5.60 Å². The summed E-state index contributed by atoms with van der Waals surface area (Å²) >= 11 is 0. The summed E-state index contributed by atoms with van der Waals surface area (Å²) in [6.07, 6.45) is 13.7. The van der Waals surface area contributed by atoms with Gasteiger partial charge in [-0.3, -0.25) is 0 Å². The van der Waals surface area contributed by atoms with Gasteiger partial charge in [-0.2, -0.15) is 0 Å². The smallest absolute Gasteiger partial charge is 0.194 e. The Morgan fingerprint density at radius 3 is 1.65 bits per heavy atom. The molecule has 0 amide bonds. The zero-order valence-electron chi connectivity index (χ0n) is 19.0. The Morgan fingerprint density at radius 2 is 1.27 bits per heavy atom. The second-order valence-corrected chi connectivity index (χ2v) is 6.97. The minimum absolute atomic E-state index is 0.349. The zero-order valence-corrected chi connectivity index (χ0v) is 19.0. The van der Waals surface area contributed by atoms with Crippen molar-refractivity contribution < 1.29 is 14.2 Å². The highest BCUT2D eigenvalue weighted by Gasteiger charge is 2.49. The molecule has 0 heterocycles. The van der Waals surface area contributed by atoms with Gasteiger partial charge in [-0.1, -0.05) is 71.8 Å². The average Bonchev–Trinajstić information content (AvgIpc) is 2.64. The molecule has 1 unspecified atom stereocenters. The molecule has 0 fully saturated rings. The van der Waals surface area contributed by atoms with Crippen LogP contribution in [0.2, 0.25) is 0 Å². The molecule has 158 valence electrons. The lowest BCUT2D eigenvalue weighted by atomic mass is 9.83. The quantitative estimate of drug-likeness (QED) is 0.162. The minimum atomic E-state index is -0.662. The maximum atomic E-state index is 6.03. The summed E-state index contributed by atoms with van der Waals surface area (Å²) in [5.74, 6) is -0.662. The molecule has 0 spiro atoms. The van der Waals surface area contributed by atoms with Crippen LogP contribution in [-0.4, -0.2) is 31.7 Å². The molecule has 0 saturated carbocycles. The van der Waals surface area contributed by atoms with Crippen LogP contribution in [0.4, 0.5) is 0 Å². The summed E-state index contributed by atoms with van der Waals surface area (Å²) in [4.78, 5) is 0. The summed E-state index contributed by atoms with van der Waals surface area (Å²) in [5, 5.41) is 0. The fraction of sp³-hybridized carbons (Fsp3) is 0.913. The molecular weight excluding hydrogens is 324 g/mol. The average molecular weight is 373 g/mol. The minimum Gasteiger partial charge on any atom is -0.373 e. The van der Waals surface area contributed by atoms with Crippen LogP contribution in [0.1, 0.15) is 106 Å². The van der Waals surface area contributed by atoms with E-state index in [1.807, 2.05) is 27.0 Å². The molecule has 0 aromatic rings. The van der Waals surface area contributed by atoms with E-state index in [0.717, 1.165) is 25.7 Å². The van der Waals surface area contributed by atoms with Crippen LogP contribution in [0.5, 0.6) is 0 Å². The third-order valence-corrected chi connectivity index (χ3v) is 4.93. The summed E-state index contributed by atoms with van der Waals surface area (Å²) in [7, 11) is 1.81. The topological polar surface area (TPSA) is 27.7 Å². The van der Waals surface area contributed by atoms with Gasteiger partial charge in [0.25, 0.3) is 0 Å². The van der Waals surface area contributed by atoms with Crippen molar-refractivity contribution in [3.8, 4) is 0 Å². The Bertz CT molecular complexity index is 298. The Kier molecular flexibility index (Phi) is 19.3. The Labute approximate surface area is 164 Å². The monoisotopic (exact) mass is 372 g/mol. The molecule has 0 aromatic heterocycles. The van der Waals surface area contributed by atoms with Crippen molar-refractivity contribution >= 4 is 0 Å². The molecule has 0 aliphatic heterocycles. The largest absolute Gasteiger partial charge is 0.373 e. The number of ether oxygens (including phenoxy) is 3. The predicted octanol–water partition coefficient (Wildman–Crippen LogP) is 7.29. The Balaban J connectivity index is 0. The summed E-state index contributed by atoms with van der Waals surface area (Å²) < 4.78 is 18.1. The van der Waals surface area contributed by atoms with Gasteiger partial charge >= 0.3 is 0 Å². The fourth-order valence-corrected chi connectivity index (χ4v) is 3.42. The van der Waals surface area contributed by atoms with Gasteiger partial charge < -0.3 is 14.2 Å². The summed E-state index contributed by atoms with van der Waals surface area (Å²) in [6, 6.07) is 0. The summed E-state index contributed by atoms with van der Waals surface area (Å²) in [5.41, 5.74) is -0.349. The molecule has 26 heavy (non-hydrogen) atoms. The van der Waals surface area contributed by atoms with Crippen LogP contribution >= 0.6 is 0 Å². The van der Waals surface area contributed by atoms with Gasteiger partial charge in [-0.15, -0.1) is 6.58 Å². The molecule has 1 atom stereocenters. The van der Waals surface area contributed by atoms with Crippen LogP contribution in [0.15, 0.2) is 12.7 Å². The molecule has 0 bridgehead atoms. The molecule has 0 aliphatic carbocycles. The van der Waals surface area contributed by atoms with Gasteiger partial charge in [0.2, 0.25) is 0 Å². The fourth-order valence-electron chi connectivity index (χ4n) is 3.42. The second-order valence-electron chi connectivity index (χ2n) is 6.97. The predicted molar refractivity (Wildman–Crippen MR) is 115 cm³/mol. The van der Waals surface area contributed by atoms with Crippen LogP contribution in [-0.2, 0) is 14.2 Å². The number of hydrogen-bond acceptors (Lipinski definition) is 3. The molecule has 0 N–H and O–H groups in total. The first-order valence-corrected chi connectivity index (χ1v) is 10.9. The number of unbranched alkanes of at least 4 members (excludes halogenated alkanes) is 5. The van der Waals surface area contributed by atoms with Crippen molar-refractivity contribution in [2.24, 2.45) is 0 Å².